The van der Waals surface area contributed by atoms with Crippen LogP contribution in [0.5, 0.6) is 0 Å². The van der Waals surface area contributed by atoms with E-state index in [4.69, 9.17) is 9.47 Å². The van der Waals surface area contributed by atoms with Gasteiger partial charge in [-0.2, -0.15) is 13.2 Å². The average molecular weight is 498 g/mol. The van der Waals surface area contributed by atoms with Crippen molar-refractivity contribution in [3.05, 3.63) is 57.9 Å². The molecule has 10 heteroatoms. The number of carbonyl (C=O) groups is 2. The Morgan fingerprint density at radius 2 is 1.26 bits per heavy atom. The van der Waals surface area contributed by atoms with Crippen molar-refractivity contribution in [1.29, 1.82) is 0 Å². The smallest absolute Gasteiger partial charge is 0.416 e. The van der Waals surface area contributed by atoms with Crippen molar-refractivity contribution in [1.82, 2.24) is 14.7 Å². The van der Waals surface area contributed by atoms with Crippen molar-refractivity contribution in [2.75, 3.05) is 62.5 Å². The van der Waals surface area contributed by atoms with Gasteiger partial charge in [-0.05, 0) is 45.9 Å². The van der Waals surface area contributed by atoms with Gasteiger partial charge in [0.05, 0.1) is 36.8 Å². The molecule has 0 N–H and O–H groups in total. The summed E-state index contributed by atoms with van der Waals surface area (Å²) >= 11 is 0. The second-order valence-corrected chi connectivity index (χ2v) is 8.92. The lowest BCUT2D eigenvalue weighted by molar-refractivity contribution is -0.138. The van der Waals surface area contributed by atoms with Crippen LogP contribution in [0.2, 0.25) is 0 Å². The van der Waals surface area contributed by atoms with Crippen LogP contribution in [0.1, 0.15) is 29.9 Å². The first-order chi connectivity index (χ1) is 16.3. The van der Waals surface area contributed by atoms with Gasteiger partial charge in [0, 0.05) is 44.4 Å². The molecule has 1 aliphatic rings. The third kappa shape index (κ3) is 6.64. The molecule has 1 aromatic carbocycles. The first kappa shape index (κ1) is 28.4. The molecule has 0 atom stereocenters. The summed E-state index contributed by atoms with van der Waals surface area (Å²) in [4.78, 5) is 32.0. The van der Waals surface area contributed by atoms with Gasteiger partial charge in [-0.3, -0.25) is 0 Å². The minimum Gasteiger partial charge on any atom is -0.466 e. The molecule has 1 aliphatic heterocycles. The average Bonchev–Trinajstić information content (AvgIpc) is 2.80. The number of carbonyl (C=O) groups excluding carboxylic acids is 2. The van der Waals surface area contributed by atoms with Crippen LogP contribution in [-0.4, -0.2) is 89.2 Å². The standard InChI is InChI=1S/C25H34F3N3O4/c1-29(2)14-12-18-21(23(32)34-6)20(16-8-10-17(11-9-16)25(26,27)28)22(24(33)35-7)19(31(18)5)13-15-30(3)4/h8-11,20H,12-15H2,1-7H3. The molecule has 1 heterocycles. The number of esters is 2. The van der Waals surface area contributed by atoms with Crippen LogP contribution in [0, 0.1) is 0 Å². The van der Waals surface area contributed by atoms with Crippen molar-refractivity contribution in [2.45, 2.75) is 24.9 Å². The molecular weight excluding hydrogens is 463 g/mol. The predicted octanol–water partition coefficient (Wildman–Crippen LogP) is 3.49. The van der Waals surface area contributed by atoms with Gasteiger partial charge in [0.25, 0.3) is 0 Å². The highest BCUT2D eigenvalue weighted by molar-refractivity contribution is 6.00. The summed E-state index contributed by atoms with van der Waals surface area (Å²) in [5.41, 5.74) is 1.28. The normalized spacial score (nSPS) is 15.4. The highest BCUT2D eigenvalue weighted by atomic mass is 19.4. The molecule has 0 aliphatic carbocycles. The van der Waals surface area contributed by atoms with Crippen LogP contribution in [-0.2, 0) is 25.2 Å². The first-order valence-corrected chi connectivity index (χ1v) is 11.2. The van der Waals surface area contributed by atoms with E-state index in [2.05, 4.69) is 0 Å². The van der Waals surface area contributed by atoms with Gasteiger partial charge in [-0.25, -0.2) is 9.59 Å². The zero-order chi connectivity index (χ0) is 26.5. The Bertz CT molecular complexity index is 933. The minimum atomic E-state index is -4.51. The Hall–Kier alpha value is -2.85. The summed E-state index contributed by atoms with van der Waals surface area (Å²) in [5.74, 6) is -2.24. The summed E-state index contributed by atoms with van der Waals surface area (Å²) in [5, 5.41) is 0. The molecule has 7 nitrogen and oxygen atoms in total. The van der Waals surface area contributed by atoms with Crippen molar-refractivity contribution in [3.8, 4) is 0 Å². The van der Waals surface area contributed by atoms with E-state index in [1.807, 2.05) is 42.9 Å². The molecule has 2 rings (SSSR count). The molecule has 0 amide bonds. The fraction of sp³-hybridized carbons (Fsp3) is 0.520. The van der Waals surface area contributed by atoms with Crippen LogP contribution in [0.3, 0.4) is 0 Å². The maximum Gasteiger partial charge on any atom is 0.416 e. The third-order valence-corrected chi connectivity index (χ3v) is 5.98. The Kier molecular flexibility index (Phi) is 9.51. The fourth-order valence-electron chi connectivity index (χ4n) is 4.15. The van der Waals surface area contributed by atoms with E-state index in [-0.39, 0.29) is 11.1 Å². The number of hydrogen-bond donors (Lipinski definition) is 0. The molecule has 0 radical (unpaired) electrons. The number of hydrogen-bond acceptors (Lipinski definition) is 7. The van der Waals surface area contributed by atoms with Crippen LogP contribution in [0.25, 0.3) is 0 Å². The molecule has 35 heavy (non-hydrogen) atoms. The molecule has 0 bridgehead atoms. The quantitative estimate of drug-likeness (QED) is 0.484. The molecule has 0 spiro atoms. The highest BCUT2D eigenvalue weighted by Gasteiger charge is 2.42. The molecule has 0 saturated carbocycles. The van der Waals surface area contributed by atoms with E-state index in [0.717, 1.165) is 12.1 Å². The van der Waals surface area contributed by atoms with E-state index in [1.54, 1.807) is 7.05 Å². The zero-order valence-electron chi connectivity index (χ0n) is 21.3. The summed E-state index contributed by atoms with van der Waals surface area (Å²) < 4.78 is 49.9. The van der Waals surface area contributed by atoms with E-state index < -0.39 is 29.6 Å². The lowest BCUT2D eigenvalue weighted by Gasteiger charge is -2.39. The first-order valence-electron chi connectivity index (χ1n) is 11.2. The summed E-state index contributed by atoms with van der Waals surface area (Å²) in [6, 6.07) is 4.52. The van der Waals surface area contributed by atoms with Gasteiger partial charge in [0.1, 0.15) is 0 Å². The zero-order valence-corrected chi connectivity index (χ0v) is 21.3. The van der Waals surface area contributed by atoms with Crippen LogP contribution in [0.15, 0.2) is 46.8 Å². The van der Waals surface area contributed by atoms with E-state index in [0.29, 0.717) is 42.9 Å². The van der Waals surface area contributed by atoms with E-state index >= 15 is 0 Å². The Morgan fingerprint density at radius 3 is 1.57 bits per heavy atom. The Labute approximate surface area is 204 Å². The van der Waals surface area contributed by atoms with Crippen molar-refractivity contribution in [3.63, 3.8) is 0 Å². The topological polar surface area (TPSA) is 62.3 Å². The van der Waals surface area contributed by atoms with Crippen LogP contribution >= 0.6 is 0 Å². The maximum atomic E-state index is 13.2. The second kappa shape index (κ2) is 11.7. The molecule has 0 saturated heterocycles. The largest absolute Gasteiger partial charge is 0.466 e. The van der Waals surface area contributed by atoms with Crippen LogP contribution in [0.4, 0.5) is 13.2 Å². The number of alkyl halides is 3. The highest BCUT2D eigenvalue weighted by Crippen LogP contribution is 2.44. The maximum absolute atomic E-state index is 13.2. The van der Waals surface area contributed by atoms with E-state index in [9.17, 15) is 22.8 Å². The Morgan fingerprint density at radius 1 is 0.857 bits per heavy atom. The second-order valence-electron chi connectivity index (χ2n) is 8.92. The number of ether oxygens (including phenoxy) is 2. The Balaban J connectivity index is 2.84. The summed E-state index contributed by atoms with van der Waals surface area (Å²) in [6.07, 6.45) is -3.59. The monoisotopic (exact) mass is 497 g/mol. The molecule has 0 unspecified atom stereocenters. The number of benzene rings is 1. The minimum absolute atomic E-state index is 0.214. The molecule has 1 aromatic rings. The van der Waals surface area contributed by atoms with Gasteiger partial charge < -0.3 is 24.2 Å². The van der Waals surface area contributed by atoms with Gasteiger partial charge in [0.15, 0.2) is 0 Å². The molecule has 194 valence electrons. The van der Waals surface area contributed by atoms with Gasteiger partial charge in [-0.1, -0.05) is 12.1 Å². The van der Waals surface area contributed by atoms with E-state index in [1.165, 1.54) is 26.4 Å². The van der Waals surface area contributed by atoms with Gasteiger partial charge >= 0.3 is 18.1 Å². The van der Waals surface area contributed by atoms with Crippen molar-refractivity contribution >= 4 is 11.9 Å². The molecule has 0 aromatic heterocycles. The summed E-state index contributed by atoms with van der Waals surface area (Å²) in [7, 11) is 11.9. The van der Waals surface area contributed by atoms with Crippen molar-refractivity contribution < 1.29 is 32.2 Å². The SMILES string of the molecule is COC(=O)C1=C(CCN(C)C)N(C)C(CCN(C)C)=C(C(=O)OC)C1c1ccc(C(F)(F)F)cc1. The third-order valence-electron chi connectivity index (χ3n) is 5.98. The number of halogens is 3. The number of methoxy groups -OCH3 is 2. The summed E-state index contributed by atoms with van der Waals surface area (Å²) in [6.45, 7) is 1.21. The van der Waals surface area contributed by atoms with Crippen molar-refractivity contribution in [2.24, 2.45) is 0 Å². The molecule has 0 fully saturated rings. The number of nitrogens with zero attached hydrogens (tertiary/aromatic N) is 3. The fourth-order valence-corrected chi connectivity index (χ4v) is 4.15. The lowest BCUT2D eigenvalue weighted by atomic mass is 9.78. The van der Waals surface area contributed by atoms with Gasteiger partial charge in [0.2, 0.25) is 0 Å². The van der Waals surface area contributed by atoms with Gasteiger partial charge in [-0.15, -0.1) is 0 Å². The van der Waals surface area contributed by atoms with Crippen LogP contribution < -0.4 is 0 Å². The number of rotatable bonds is 9. The molecular formula is C25H34F3N3O4. The predicted molar refractivity (Wildman–Crippen MR) is 126 cm³/mol. The lowest BCUT2D eigenvalue weighted by Crippen LogP contribution is -2.36.